The fraction of sp³-hybridized carbons (Fsp3) is 0.652. The third-order valence-electron chi connectivity index (χ3n) is 5.30. The van der Waals surface area contributed by atoms with Gasteiger partial charge in [-0.3, -0.25) is 9.59 Å². The van der Waals surface area contributed by atoms with E-state index >= 15 is 0 Å². The first-order valence-electron chi connectivity index (χ1n) is 10.9. The molecule has 0 aliphatic carbocycles. The van der Waals surface area contributed by atoms with Gasteiger partial charge in [0, 0.05) is 43.7 Å². The summed E-state index contributed by atoms with van der Waals surface area (Å²) in [4.78, 5) is 26.2. The number of unbranched alkanes of at least 4 members (excludes halogenated alkanes) is 4. The maximum atomic E-state index is 12.5. The van der Waals surface area contributed by atoms with Crippen molar-refractivity contribution in [3.63, 3.8) is 0 Å². The molecule has 4 nitrogen and oxygen atoms in total. The topological polar surface area (TPSA) is 49.4 Å². The van der Waals surface area contributed by atoms with Crippen molar-refractivity contribution in [2.75, 3.05) is 25.0 Å². The Morgan fingerprint density at radius 1 is 0.889 bits per heavy atom. The van der Waals surface area contributed by atoms with Gasteiger partial charge in [-0.25, -0.2) is 0 Å². The van der Waals surface area contributed by atoms with Crippen molar-refractivity contribution in [3.8, 4) is 0 Å². The monoisotopic (exact) mass is 372 g/mol. The Balaban J connectivity index is 1.58. The highest BCUT2D eigenvalue weighted by molar-refractivity contribution is 5.94. The number of nitrogens with zero attached hydrogens (tertiary/aromatic N) is 1. The van der Waals surface area contributed by atoms with Crippen molar-refractivity contribution in [1.29, 1.82) is 0 Å². The van der Waals surface area contributed by atoms with Crippen LogP contribution in [0, 0.1) is 0 Å². The second-order valence-corrected chi connectivity index (χ2v) is 7.66. The lowest BCUT2D eigenvalue weighted by molar-refractivity contribution is -0.119. The van der Waals surface area contributed by atoms with E-state index in [0.29, 0.717) is 5.78 Å². The molecule has 27 heavy (non-hydrogen) atoms. The average Bonchev–Trinajstić information content (AvgIpc) is 2.71. The lowest BCUT2D eigenvalue weighted by Gasteiger charge is -2.26. The lowest BCUT2D eigenvalue weighted by atomic mass is 10.1. The molecule has 0 saturated carbocycles. The fourth-order valence-electron chi connectivity index (χ4n) is 3.56. The molecule has 1 aromatic carbocycles. The highest BCUT2D eigenvalue weighted by atomic mass is 16.2. The number of hydrogen-bond acceptors (Lipinski definition) is 3. The second kappa shape index (κ2) is 12.5. The Kier molecular flexibility index (Phi) is 9.96. The number of amides is 1. The summed E-state index contributed by atoms with van der Waals surface area (Å²) in [6, 6.07) is 7.84. The van der Waals surface area contributed by atoms with E-state index in [1.54, 1.807) is 0 Å². The zero-order chi connectivity index (χ0) is 19.3. The molecule has 4 heteroatoms. The number of carbonyl (C=O) groups excluding carboxylic acids is 2. The van der Waals surface area contributed by atoms with Gasteiger partial charge < -0.3 is 10.2 Å². The first kappa shape index (κ1) is 21.5. The molecule has 1 aromatic rings. The Hall–Kier alpha value is -1.84. The molecular weight excluding hydrogens is 336 g/mol. The molecule has 0 unspecified atom stereocenters. The van der Waals surface area contributed by atoms with E-state index in [9.17, 15) is 9.59 Å². The molecule has 0 bridgehead atoms. The Labute approximate surface area is 164 Å². The number of rotatable bonds is 12. The summed E-state index contributed by atoms with van der Waals surface area (Å²) in [6.45, 7) is 4.85. The molecular formula is C23H36N2O2. The van der Waals surface area contributed by atoms with Gasteiger partial charge in [-0.1, -0.05) is 26.2 Å². The van der Waals surface area contributed by atoms with Crippen LogP contribution in [0.25, 0.3) is 0 Å². The normalized spacial score (nSPS) is 14.2. The molecule has 1 aliphatic rings. The first-order valence-corrected chi connectivity index (χ1v) is 10.9. The number of carbonyl (C=O) groups is 2. The molecule has 1 saturated heterocycles. The average molecular weight is 373 g/mol. The smallest absolute Gasteiger partial charge is 0.253 e. The third kappa shape index (κ3) is 8.15. The zero-order valence-electron chi connectivity index (χ0n) is 17.0. The largest absolute Gasteiger partial charge is 0.385 e. The maximum Gasteiger partial charge on any atom is 0.253 e. The van der Waals surface area contributed by atoms with Crippen LogP contribution in [0.2, 0.25) is 0 Å². The standard InChI is InChI=1S/C23H36N2O2/c1-2-3-6-11-22(26)12-7-4-8-17-24-21-15-13-20(14-16-21)23(27)25-18-9-5-10-19-25/h13-16,24H,2-12,17-19H2,1H3. The van der Waals surface area contributed by atoms with Crippen LogP contribution in [0.5, 0.6) is 0 Å². The minimum Gasteiger partial charge on any atom is -0.385 e. The Morgan fingerprint density at radius 2 is 1.56 bits per heavy atom. The minimum atomic E-state index is 0.157. The van der Waals surface area contributed by atoms with Crippen LogP contribution in [-0.4, -0.2) is 36.2 Å². The fourth-order valence-corrected chi connectivity index (χ4v) is 3.56. The molecule has 1 aliphatic heterocycles. The van der Waals surface area contributed by atoms with Crippen LogP contribution in [0.1, 0.15) is 87.9 Å². The van der Waals surface area contributed by atoms with E-state index in [1.807, 2.05) is 29.2 Å². The van der Waals surface area contributed by atoms with Crippen molar-refractivity contribution in [2.45, 2.75) is 77.6 Å². The van der Waals surface area contributed by atoms with Gasteiger partial charge in [0.05, 0.1) is 0 Å². The Bertz CT molecular complexity index is 562. The minimum absolute atomic E-state index is 0.157. The quantitative estimate of drug-likeness (QED) is 0.497. The van der Waals surface area contributed by atoms with E-state index in [2.05, 4.69) is 12.2 Å². The summed E-state index contributed by atoms with van der Waals surface area (Å²) in [5, 5.41) is 3.41. The van der Waals surface area contributed by atoms with Crippen molar-refractivity contribution >= 4 is 17.4 Å². The number of ketones is 1. The predicted molar refractivity (Wildman–Crippen MR) is 112 cm³/mol. The van der Waals surface area contributed by atoms with Crippen molar-refractivity contribution in [3.05, 3.63) is 29.8 Å². The molecule has 1 heterocycles. The van der Waals surface area contributed by atoms with Gasteiger partial charge in [0.2, 0.25) is 0 Å². The van der Waals surface area contributed by atoms with Crippen molar-refractivity contribution in [1.82, 2.24) is 4.90 Å². The number of hydrogen-bond donors (Lipinski definition) is 1. The number of piperidine rings is 1. The van der Waals surface area contributed by atoms with Crippen molar-refractivity contribution in [2.24, 2.45) is 0 Å². The number of Topliss-reactive ketones (excluding diaryl/α,β-unsaturated/α-hetero) is 1. The van der Waals surface area contributed by atoms with Gasteiger partial charge in [0.25, 0.3) is 5.91 Å². The second-order valence-electron chi connectivity index (χ2n) is 7.66. The van der Waals surface area contributed by atoms with E-state index < -0.39 is 0 Å². The van der Waals surface area contributed by atoms with Crippen LogP contribution in [0.3, 0.4) is 0 Å². The summed E-state index contributed by atoms with van der Waals surface area (Å²) >= 11 is 0. The van der Waals surface area contributed by atoms with Crippen LogP contribution in [0.15, 0.2) is 24.3 Å². The third-order valence-corrected chi connectivity index (χ3v) is 5.30. The number of anilines is 1. The van der Waals surface area contributed by atoms with E-state index in [4.69, 9.17) is 0 Å². The van der Waals surface area contributed by atoms with Gasteiger partial charge in [-0.15, -0.1) is 0 Å². The first-order chi connectivity index (χ1) is 13.2. The highest BCUT2D eigenvalue weighted by Gasteiger charge is 2.17. The molecule has 0 aromatic heterocycles. The zero-order valence-corrected chi connectivity index (χ0v) is 17.0. The summed E-state index contributed by atoms with van der Waals surface area (Å²) < 4.78 is 0. The SMILES string of the molecule is CCCCCC(=O)CCCCCNc1ccc(C(=O)N2CCCCC2)cc1. The summed E-state index contributed by atoms with van der Waals surface area (Å²) in [5.74, 6) is 0.579. The highest BCUT2D eigenvalue weighted by Crippen LogP contribution is 2.16. The van der Waals surface area contributed by atoms with E-state index in [0.717, 1.165) is 88.7 Å². The van der Waals surface area contributed by atoms with Gasteiger partial charge >= 0.3 is 0 Å². The molecule has 1 amide bonds. The van der Waals surface area contributed by atoms with Crippen LogP contribution < -0.4 is 5.32 Å². The number of benzene rings is 1. The molecule has 0 atom stereocenters. The molecule has 150 valence electrons. The summed E-state index contributed by atoms with van der Waals surface area (Å²) in [5.41, 5.74) is 1.84. The molecule has 2 rings (SSSR count). The van der Waals surface area contributed by atoms with Gasteiger partial charge in [-0.05, 0) is 62.8 Å². The Morgan fingerprint density at radius 3 is 2.22 bits per heavy atom. The van der Waals surface area contributed by atoms with Crippen LogP contribution in [-0.2, 0) is 4.79 Å². The maximum absolute atomic E-state index is 12.5. The van der Waals surface area contributed by atoms with Gasteiger partial charge in [0.1, 0.15) is 5.78 Å². The molecule has 1 fully saturated rings. The number of likely N-dealkylation sites (tertiary alicyclic amines) is 1. The van der Waals surface area contributed by atoms with Crippen LogP contribution >= 0.6 is 0 Å². The van der Waals surface area contributed by atoms with E-state index in [-0.39, 0.29) is 5.91 Å². The number of nitrogens with one attached hydrogen (secondary N) is 1. The lowest BCUT2D eigenvalue weighted by Crippen LogP contribution is -2.35. The summed E-state index contributed by atoms with van der Waals surface area (Å²) in [6.07, 6.45) is 11.5. The molecule has 0 spiro atoms. The van der Waals surface area contributed by atoms with Gasteiger partial charge in [-0.2, -0.15) is 0 Å². The van der Waals surface area contributed by atoms with Crippen molar-refractivity contribution < 1.29 is 9.59 Å². The predicted octanol–water partition coefficient (Wildman–Crippen LogP) is 5.43. The van der Waals surface area contributed by atoms with E-state index in [1.165, 1.54) is 12.8 Å². The summed E-state index contributed by atoms with van der Waals surface area (Å²) in [7, 11) is 0. The van der Waals surface area contributed by atoms with Gasteiger partial charge in [0.15, 0.2) is 0 Å². The van der Waals surface area contributed by atoms with Crippen LogP contribution in [0.4, 0.5) is 5.69 Å². The molecule has 0 radical (unpaired) electrons. The molecule has 1 N–H and O–H groups in total.